The second-order valence-corrected chi connectivity index (χ2v) is 8.00. The highest BCUT2D eigenvalue weighted by atomic mass is 19.4. The van der Waals surface area contributed by atoms with Crippen molar-refractivity contribution in [2.75, 3.05) is 32.7 Å². The summed E-state index contributed by atoms with van der Waals surface area (Å²) in [5.41, 5.74) is 0.0570. The molecule has 2 heterocycles. The first-order valence-corrected chi connectivity index (χ1v) is 9.88. The number of alkyl halides is 3. The molecule has 1 aliphatic carbocycles. The van der Waals surface area contributed by atoms with Gasteiger partial charge >= 0.3 is 6.18 Å². The van der Waals surface area contributed by atoms with Crippen molar-refractivity contribution < 1.29 is 22.6 Å². The lowest BCUT2D eigenvalue weighted by Gasteiger charge is -2.40. The minimum atomic E-state index is -4.64. The molecule has 0 radical (unpaired) electrons. The van der Waals surface area contributed by atoms with Gasteiger partial charge in [0.05, 0.1) is 5.52 Å². The van der Waals surface area contributed by atoms with Gasteiger partial charge < -0.3 is 19.7 Å². The van der Waals surface area contributed by atoms with Crippen LogP contribution in [0.4, 0.5) is 19.0 Å². The summed E-state index contributed by atoms with van der Waals surface area (Å²) in [5.74, 6) is -0.110. The van der Waals surface area contributed by atoms with Gasteiger partial charge in [0, 0.05) is 23.5 Å². The standard InChI is InChI=1S/C20H25F3N4O2/c1-27(2)19(7-5-3-4-6-8-19)11-24-17-13-9-15-16(29-12-28-15)10-14(13)25-18(26-17)20(21,22)23/h9-10H,3-8,11-12H2,1-2H3,(H,24,25,26). The van der Waals surface area contributed by atoms with Crippen molar-refractivity contribution in [3.05, 3.63) is 18.0 Å². The van der Waals surface area contributed by atoms with E-state index in [0.29, 0.717) is 23.4 Å². The van der Waals surface area contributed by atoms with E-state index in [9.17, 15) is 13.2 Å². The fraction of sp³-hybridized carbons (Fsp3) is 0.600. The van der Waals surface area contributed by atoms with Crippen LogP contribution < -0.4 is 14.8 Å². The lowest BCUT2D eigenvalue weighted by molar-refractivity contribution is -0.144. The Labute approximate surface area is 167 Å². The van der Waals surface area contributed by atoms with E-state index >= 15 is 0 Å². The summed E-state index contributed by atoms with van der Waals surface area (Å²) < 4.78 is 50.9. The van der Waals surface area contributed by atoms with E-state index in [2.05, 4.69) is 20.2 Å². The van der Waals surface area contributed by atoms with Gasteiger partial charge in [-0.05, 0) is 33.0 Å². The summed E-state index contributed by atoms with van der Waals surface area (Å²) >= 11 is 0. The molecule has 6 nitrogen and oxygen atoms in total. The molecule has 0 atom stereocenters. The molecule has 1 aliphatic heterocycles. The summed E-state index contributed by atoms with van der Waals surface area (Å²) in [6, 6.07) is 3.13. The van der Waals surface area contributed by atoms with Crippen molar-refractivity contribution in [3.8, 4) is 11.5 Å². The molecule has 1 aromatic carbocycles. The first-order chi connectivity index (χ1) is 13.8. The Hall–Kier alpha value is -2.29. The number of nitrogens with one attached hydrogen (secondary N) is 1. The highest BCUT2D eigenvalue weighted by molar-refractivity contribution is 5.92. The van der Waals surface area contributed by atoms with Crippen molar-refractivity contribution in [1.82, 2.24) is 14.9 Å². The van der Waals surface area contributed by atoms with Gasteiger partial charge in [0.2, 0.25) is 12.6 Å². The molecular formula is C20H25F3N4O2. The minimum Gasteiger partial charge on any atom is -0.454 e. The van der Waals surface area contributed by atoms with Crippen molar-refractivity contribution in [2.45, 2.75) is 50.2 Å². The van der Waals surface area contributed by atoms with Crippen LogP contribution in [0.1, 0.15) is 44.3 Å². The summed E-state index contributed by atoms with van der Waals surface area (Å²) in [5, 5.41) is 3.71. The van der Waals surface area contributed by atoms with E-state index in [1.54, 1.807) is 6.07 Å². The topological polar surface area (TPSA) is 59.5 Å². The molecular weight excluding hydrogens is 385 g/mol. The number of nitrogens with zero attached hydrogens (tertiary/aromatic N) is 3. The number of rotatable bonds is 4. The molecule has 0 spiro atoms. The minimum absolute atomic E-state index is 0.0394. The highest BCUT2D eigenvalue weighted by Crippen LogP contribution is 2.39. The molecule has 29 heavy (non-hydrogen) atoms. The number of fused-ring (bicyclic) bond motifs is 2. The third-order valence-corrected chi connectivity index (χ3v) is 6.01. The third-order valence-electron chi connectivity index (χ3n) is 6.01. The molecule has 9 heteroatoms. The lowest BCUT2D eigenvalue weighted by atomic mass is 9.88. The molecule has 2 aromatic rings. The maximum absolute atomic E-state index is 13.4. The van der Waals surface area contributed by atoms with Crippen LogP contribution in [0.5, 0.6) is 11.5 Å². The second-order valence-electron chi connectivity index (χ2n) is 8.00. The van der Waals surface area contributed by atoms with Gasteiger partial charge in [0.15, 0.2) is 11.5 Å². The molecule has 1 fully saturated rings. The largest absolute Gasteiger partial charge is 0.454 e. The zero-order valence-corrected chi connectivity index (χ0v) is 16.6. The summed E-state index contributed by atoms with van der Waals surface area (Å²) in [4.78, 5) is 9.75. The van der Waals surface area contributed by atoms with E-state index in [4.69, 9.17) is 9.47 Å². The van der Waals surface area contributed by atoms with Gasteiger partial charge in [0.1, 0.15) is 5.82 Å². The zero-order valence-electron chi connectivity index (χ0n) is 16.6. The molecule has 0 unspecified atom stereocenters. The highest BCUT2D eigenvalue weighted by Gasteiger charge is 2.37. The molecule has 0 bridgehead atoms. The number of halogens is 3. The average molecular weight is 410 g/mol. The molecule has 2 aliphatic rings. The van der Waals surface area contributed by atoms with Crippen LogP contribution in [-0.2, 0) is 6.18 Å². The van der Waals surface area contributed by atoms with Crippen LogP contribution in [0.15, 0.2) is 12.1 Å². The number of ether oxygens (including phenoxy) is 2. The Morgan fingerprint density at radius 3 is 2.31 bits per heavy atom. The zero-order chi connectivity index (χ0) is 20.6. The molecule has 1 N–H and O–H groups in total. The van der Waals surface area contributed by atoms with E-state index < -0.39 is 12.0 Å². The van der Waals surface area contributed by atoms with Gasteiger partial charge in [-0.2, -0.15) is 13.2 Å². The van der Waals surface area contributed by atoms with Crippen molar-refractivity contribution >= 4 is 16.7 Å². The van der Waals surface area contributed by atoms with Gasteiger partial charge in [0.25, 0.3) is 0 Å². The second kappa shape index (κ2) is 7.51. The first kappa shape index (κ1) is 20.0. The first-order valence-electron chi connectivity index (χ1n) is 9.88. The van der Waals surface area contributed by atoms with Crippen LogP contribution in [0.3, 0.4) is 0 Å². The number of anilines is 1. The van der Waals surface area contributed by atoms with Crippen LogP contribution in [0.2, 0.25) is 0 Å². The van der Waals surface area contributed by atoms with Gasteiger partial charge in [-0.1, -0.05) is 25.7 Å². The Morgan fingerprint density at radius 2 is 1.69 bits per heavy atom. The Bertz CT molecular complexity index is 893. The van der Waals surface area contributed by atoms with Gasteiger partial charge in [-0.3, -0.25) is 0 Å². The lowest BCUT2D eigenvalue weighted by Crippen LogP contribution is -2.49. The predicted octanol–water partition coefficient (Wildman–Crippen LogP) is 4.44. The molecule has 1 saturated carbocycles. The number of hydrogen-bond acceptors (Lipinski definition) is 6. The molecule has 1 aromatic heterocycles. The Kier molecular flexibility index (Phi) is 5.18. The monoisotopic (exact) mass is 410 g/mol. The Balaban J connectivity index is 1.73. The number of hydrogen-bond donors (Lipinski definition) is 1. The Morgan fingerprint density at radius 1 is 1.03 bits per heavy atom. The molecule has 158 valence electrons. The smallest absolute Gasteiger partial charge is 0.451 e. The average Bonchev–Trinajstić information content (AvgIpc) is 2.98. The molecule has 0 amide bonds. The fourth-order valence-corrected chi connectivity index (χ4v) is 4.20. The van der Waals surface area contributed by atoms with E-state index in [1.165, 1.54) is 18.9 Å². The fourth-order valence-electron chi connectivity index (χ4n) is 4.20. The maximum atomic E-state index is 13.4. The number of aromatic nitrogens is 2. The third kappa shape index (κ3) is 3.92. The summed E-state index contributed by atoms with van der Waals surface area (Å²) in [6.07, 6.45) is 1.95. The molecule has 0 saturated heterocycles. The normalized spacial score (nSPS) is 18.8. The number of benzene rings is 1. The number of likely N-dealkylation sites (N-methyl/N-ethyl adjacent to an activating group) is 1. The van der Waals surface area contributed by atoms with Crippen LogP contribution >= 0.6 is 0 Å². The quantitative estimate of drug-likeness (QED) is 0.752. The predicted molar refractivity (Wildman–Crippen MR) is 103 cm³/mol. The summed E-state index contributed by atoms with van der Waals surface area (Å²) in [6.45, 7) is 0.551. The maximum Gasteiger partial charge on any atom is 0.451 e. The van der Waals surface area contributed by atoms with E-state index in [1.807, 2.05) is 14.1 Å². The molecule has 4 rings (SSSR count). The van der Waals surface area contributed by atoms with Crippen LogP contribution in [0.25, 0.3) is 10.9 Å². The van der Waals surface area contributed by atoms with Crippen molar-refractivity contribution in [3.63, 3.8) is 0 Å². The SMILES string of the molecule is CN(C)C1(CNc2nc(C(F)(F)F)nc3cc4c(cc23)OCO4)CCCCCC1. The van der Waals surface area contributed by atoms with Crippen LogP contribution in [0, 0.1) is 0 Å². The van der Waals surface area contributed by atoms with Crippen LogP contribution in [-0.4, -0.2) is 47.8 Å². The van der Waals surface area contributed by atoms with E-state index in [0.717, 1.165) is 25.7 Å². The van der Waals surface area contributed by atoms with Crippen molar-refractivity contribution in [1.29, 1.82) is 0 Å². The van der Waals surface area contributed by atoms with Gasteiger partial charge in [-0.25, -0.2) is 9.97 Å². The van der Waals surface area contributed by atoms with Gasteiger partial charge in [-0.15, -0.1) is 0 Å². The van der Waals surface area contributed by atoms with E-state index in [-0.39, 0.29) is 23.7 Å². The van der Waals surface area contributed by atoms with Crippen molar-refractivity contribution in [2.24, 2.45) is 0 Å². The summed E-state index contributed by atoms with van der Waals surface area (Å²) in [7, 11) is 4.06.